The Bertz CT molecular complexity index is 1200. The third kappa shape index (κ3) is 3.56. The molecule has 0 radical (unpaired) electrons. The number of H-pyrrole nitrogens is 2. The molecule has 0 saturated heterocycles. The maximum absolute atomic E-state index is 12.8. The van der Waals surface area contributed by atoms with Gasteiger partial charge >= 0.3 is 5.69 Å². The molecule has 28 heavy (non-hydrogen) atoms. The van der Waals surface area contributed by atoms with Gasteiger partial charge < -0.3 is 19.8 Å². The van der Waals surface area contributed by atoms with Gasteiger partial charge in [0.1, 0.15) is 10.8 Å². The van der Waals surface area contributed by atoms with E-state index in [0.717, 1.165) is 17.0 Å². The van der Waals surface area contributed by atoms with Gasteiger partial charge in [-0.3, -0.25) is 4.79 Å². The fourth-order valence-electron chi connectivity index (χ4n) is 2.84. The normalized spacial score (nSPS) is 11.1. The lowest BCUT2D eigenvalue weighted by molar-refractivity contribution is 0.102. The van der Waals surface area contributed by atoms with Gasteiger partial charge in [-0.15, -0.1) is 11.8 Å². The maximum Gasteiger partial charge on any atom is 0.323 e. The number of anilines is 1. The van der Waals surface area contributed by atoms with E-state index in [1.165, 1.54) is 11.8 Å². The first-order valence-electron chi connectivity index (χ1n) is 8.54. The lowest BCUT2D eigenvalue weighted by Crippen LogP contribution is -2.13. The first-order chi connectivity index (χ1) is 13.5. The van der Waals surface area contributed by atoms with Crippen LogP contribution in [0.5, 0.6) is 0 Å². The molecule has 142 valence electrons. The number of hydrogen-bond acceptors (Lipinski definition) is 6. The van der Waals surface area contributed by atoms with Crippen LogP contribution in [0.3, 0.4) is 0 Å². The number of pyridine rings is 1. The number of thioether (sulfide) groups is 1. The summed E-state index contributed by atoms with van der Waals surface area (Å²) in [7, 11) is 0. The highest BCUT2D eigenvalue weighted by Crippen LogP contribution is 2.27. The second-order valence-electron chi connectivity index (χ2n) is 6.24. The molecule has 4 aromatic rings. The zero-order valence-corrected chi connectivity index (χ0v) is 16.0. The van der Waals surface area contributed by atoms with E-state index in [0.29, 0.717) is 33.1 Å². The van der Waals surface area contributed by atoms with Crippen LogP contribution in [0.4, 0.5) is 5.69 Å². The average molecular weight is 395 g/mol. The first kappa shape index (κ1) is 18.1. The molecule has 3 N–H and O–H groups in total. The van der Waals surface area contributed by atoms with Gasteiger partial charge in [0.25, 0.3) is 5.91 Å². The van der Waals surface area contributed by atoms with Crippen molar-refractivity contribution in [3.05, 3.63) is 69.6 Å². The van der Waals surface area contributed by atoms with Crippen LogP contribution in [-0.2, 0) is 5.75 Å². The standard InChI is InChI=1S/C19H17N5O3S/c1-10-14(11(2)27-24-10)9-28-18-13(4-3-7-20-18)17(25)21-12-5-6-15-16(8-12)23-19(26)22-15/h3-8H,9H2,1-2H3,(H,21,25)(H2,22,23,26). The molecule has 9 heteroatoms. The number of rotatable bonds is 5. The van der Waals surface area contributed by atoms with Gasteiger partial charge in [0.2, 0.25) is 0 Å². The molecule has 3 aromatic heterocycles. The summed E-state index contributed by atoms with van der Waals surface area (Å²) in [6.07, 6.45) is 1.66. The second-order valence-corrected chi connectivity index (χ2v) is 7.21. The van der Waals surface area contributed by atoms with Gasteiger partial charge in [-0.05, 0) is 44.2 Å². The van der Waals surface area contributed by atoms with Crippen molar-refractivity contribution in [3.63, 3.8) is 0 Å². The zero-order chi connectivity index (χ0) is 19.7. The van der Waals surface area contributed by atoms with Crippen LogP contribution >= 0.6 is 11.8 Å². The molecule has 0 atom stereocenters. The molecular weight excluding hydrogens is 378 g/mol. The molecule has 0 bridgehead atoms. The fourth-order valence-corrected chi connectivity index (χ4v) is 3.98. The molecule has 3 heterocycles. The Morgan fingerprint density at radius 3 is 2.82 bits per heavy atom. The summed E-state index contributed by atoms with van der Waals surface area (Å²) in [6.45, 7) is 3.75. The number of benzene rings is 1. The lowest BCUT2D eigenvalue weighted by atomic mass is 10.2. The summed E-state index contributed by atoms with van der Waals surface area (Å²) in [5.41, 5.74) is 3.91. The minimum absolute atomic E-state index is 0.272. The summed E-state index contributed by atoms with van der Waals surface area (Å²) in [6, 6.07) is 8.63. The highest BCUT2D eigenvalue weighted by Gasteiger charge is 2.16. The molecule has 0 saturated carbocycles. The molecule has 0 aliphatic heterocycles. The minimum atomic E-state index is -0.288. The summed E-state index contributed by atoms with van der Waals surface area (Å²) in [5.74, 6) is 1.10. The van der Waals surface area contributed by atoms with Crippen molar-refractivity contribution in [2.75, 3.05) is 5.32 Å². The van der Waals surface area contributed by atoms with Gasteiger partial charge in [0, 0.05) is 23.2 Å². The van der Waals surface area contributed by atoms with Crippen molar-refractivity contribution in [1.82, 2.24) is 20.1 Å². The fraction of sp³-hybridized carbons (Fsp3) is 0.158. The molecule has 4 rings (SSSR count). The Kier molecular flexibility index (Phi) is 4.74. The molecule has 1 amide bonds. The first-order valence-corrected chi connectivity index (χ1v) is 9.53. The van der Waals surface area contributed by atoms with E-state index in [4.69, 9.17) is 4.52 Å². The van der Waals surface area contributed by atoms with E-state index in [2.05, 4.69) is 25.4 Å². The van der Waals surface area contributed by atoms with Crippen molar-refractivity contribution >= 4 is 34.4 Å². The third-order valence-electron chi connectivity index (χ3n) is 4.32. The molecule has 0 aliphatic rings. The van der Waals surface area contributed by atoms with E-state index in [9.17, 15) is 9.59 Å². The zero-order valence-electron chi connectivity index (χ0n) is 15.2. The van der Waals surface area contributed by atoms with Crippen LogP contribution < -0.4 is 11.0 Å². The van der Waals surface area contributed by atoms with Crippen molar-refractivity contribution in [2.45, 2.75) is 24.6 Å². The summed E-state index contributed by atoms with van der Waals surface area (Å²) in [4.78, 5) is 33.9. The predicted molar refractivity (Wildman–Crippen MR) is 107 cm³/mol. The highest BCUT2D eigenvalue weighted by atomic mass is 32.2. The average Bonchev–Trinajstić information content (AvgIpc) is 3.20. The monoisotopic (exact) mass is 395 g/mol. The smallest absolute Gasteiger partial charge is 0.323 e. The number of nitrogens with zero attached hydrogens (tertiary/aromatic N) is 2. The number of aromatic nitrogens is 4. The van der Waals surface area contributed by atoms with Crippen molar-refractivity contribution in [3.8, 4) is 0 Å². The SMILES string of the molecule is Cc1noc(C)c1CSc1ncccc1C(=O)Nc1ccc2[nH]c(=O)[nH]c2c1. The molecule has 1 aromatic carbocycles. The number of carbonyl (C=O) groups excluding carboxylic acids is 1. The second kappa shape index (κ2) is 7.35. The van der Waals surface area contributed by atoms with Crippen molar-refractivity contribution in [2.24, 2.45) is 0 Å². The summed E-state index contributed by atoms with van der Waals surface area (Å²) in [5, 5.41) is 7.43. The van der Waals surface area contributed by atoms with Crippen LogP contribution in [0.15, 0.2) is 50.9 Å². The van der Waals surface area contributed by atoms with Crippen LogP contribution in [0.2, 0.25) is 0 Å². The van der Waals surface area contributed by atoms with Crippen LogP contribution in [-0.4, -0.2) is 26.0 Å². The van der Waals surface area contributed by atoms with Crippen molar-refractivity contribution < 1.29 is 9.32 Å². The Morgan fingerprint density at radius 2 is 2.04 bits per heavy atom. The third-order valence-corrected chi connectivity index (χ3v) is 5.36. The number of carbonyl (C=O) groups is 1. The Morgan fingerprint density at radius 1 is 1.21 bits per heavy atom. The number of fused-ring (bicyclic) bond motifs is 1. The molecule has 0 aliphatic carbocycles. The minimum Gasteiger partial charge on any atom is -0.361 e. The van der Waals surface area contributed by atoms with E-state index >= 15 is 0 Å². The van der Waals surface area contributed by atoms with E-state index in [-0.39, 0.29) is 11.6 Å². The number of nitrogens with one attached hydrogen (secondary N) is 3. The van der Waals surface area contributed by atoms with Crippen LogP contribution in [0, 0.1) is 13.8 Å². The van der Waals surface area contributed by atoms with E-state index in [1.807, 2.05) is 13.8 Å². The molecular formula is C19H17N5O3S. The molecule has 8 nitrogen and oxygen atoms in total. The van der Waals surface area contributed by atoms with Crippen molar-refractivity contribution in [1.29, 1.82) is 0 Å². The number of amides is 1. The highest BCUT2D eigenvalue weighted by molar-refractivity contribution is 7.98. The Labute approximate surface area is 163 Å². The van der Waals surface area contributed by atoms with E-state index < -0.39 is 0 Å². The maximum atomic E-state index is 12.8. The predicted octanol–water partition coefficient (Wildman–Crippen LogP) is 3.40. The summed E-state index contributed by atoms with van der Waals surface area (Å²) < 4.78 is 5.19. The summed E-state index contributed by atoms with van der Waals surface area (Å²) >= 11 is 1.45. The quantitative estimate of drug-likeness (QED) is 0.446. The molecule has 0 unspecified atom stereocenters. The van der Waals surface area contributed by atoms with Gasteiger partial charge in [-0.25, -0.2) is 9.78 Å². The van der Waals surface area contributed by atoms with Gasteiger partial charge in [0.15, 0.2) is 0 Å². The van der Waals surface area contributed by atoms with Gasteiger partial charge in [-0.2, -0.15) is 0 Å². The molecule has 0 fully saturated rings. The van der Waals surface area contributed by atoms with E-state index in [1.54, 1.807) is 36.5 Å². The Balaban J connectivity index is 1.54. The number of aromatic amines is 2. The Hall–Kier alpha value is -3.33. The molecule has 0 spiro atoms. The van der Waals surface area contributed by atoms with Crippen LogP contribution in [0.1, 0.15) is 27.4 Å². The largest absolute Gasteiger partial charge is 0.361 e. The van der Waals surface area contributed by atoms with Gasteiger partial charge in [-0.1, -0.05) is 5.16 Å². The van der Waals surface area contributed by atoms with Crippen LogP contribution in [0.25, 0.3) is 11.0 Å². The van der Waals surface area contributed by atoms with Gasteiger partial charge in [0.05, 0.1) is 22.3 Å². The number of imidazole rings is 1. The number of hydrogen-bond donors (Lipinski definition) is 3. The number of aryl methyl sites for hydroxylation is 2. The topological polar surface area (TPSA) is 117 Å². The lowest BCUT2D eigenvalue weighted by Gasteiger charge is -2.09.